The predicted octanol–water partition coefficient (Wildman–Crippen LogP) is 3.96. The quantitative estimate of drug-likeness (QED) is 0.775. The Kier molecular flexibility index (Phi) is 5.93. The van der Waals surface area contributed by atoms with Crippen LogP contribution in [0.15, 0.2) is 30.3 Å². The number of amides is 1. The monoisotopic (exact) mass is 348 g/mol. The second-order valence-corrected chi connectivity index (χ2v) is 5.77. The molecule has 5 nitrogen and oxygen atoms in total. The number of aryl methyl sites for hydroxylation is 2. The topological polar surface area (TPSA) is 73.6 Å². The SMILES string of the molecule is CCOc1ccc(NC(=O)COc2cc(C)c(Cl)c(C)c2)c(N)c1. The Balaban J connectivity index is 1.96. The van der Waals surface area contributed by atoms with Crippen molar-refractivity contribution in [3.05, 3.63) is 46.5 Å². The summed E-state index contributed by atoms with van der Waals surface area (Å²) in [6.45, 7) is 6.11. The maximum absolute atomic E-state index is 12.0. The highest BCUT2D eigenvalue weighted by Gasteiger charge is 2.09. The van der Waals surface area contributed by atoms with Gasteiger partial charge >= 0.3 is 0 Å². The third-order valence-electron chi connectivity index (χ3n) is 3.39. The van der Waals surface area contributed by atoms with Gasteiger partial charge in [-0.1, -0.05) is 11.6 Å². The Morgan fingerprint density at radius 1 is 1.12 bits per heavy atom. The van der Waals surface area contributed by atoms with E-state index in [1.54, 1.807) is 30.3 Å². The van der Waals surface area contributed by atoms with Crippen LogP contribution in [0.3, 0.4) is 0 Å². The zero-order valence-corrected chi connectivity index (χ0v) is 14.7. The Labute approximate surface area is 146 Å². The Bertz CT molecular complexity index is 724. The standard InChI is InChI=1S/C18H21ClN2O3/c1-4-23-13-5-6-16(15(20)9-13)21-17(22)10-24-14-7-11(2)18(19)12(3)8-14/h5-9H,4,10,20H2,1-3H3,(H,21,22). The first-order valence-corrected chi connectivity index (χ1v) is 8.00. The predicted molar refractivity (Wildman–Crippen MR) is 97.1 cm³/mol. The minimum absolute atomic E-state index is 0.118. The smallest absolute Gasteiger partial charge is 0.262 e. The van der Waals surface area contributed by atoms with Crippen LogP contribution in [0, 0.1) is 13.8 Å². The molecule has 2 rings (SSSR count). The van der Waals surface area contributed by atoms with E-state index in [9.17, 15) is 4.79 Å². The molecule has 1 amide bonds. The van der Waals surface area contributed by atoms with Gasteiger partial charge in [0.05, 0.1) is 18.0 Å². The molecule has 3 N–H and O–H groups in total. The molecule has 0 aliphatic rings. The van der Waals surface area contributed by atoms with Crippen LogP contribution >= 0.6 is 11.6 Å². The lowest BCUT2D eigenvalue weighted by molar-refractivity contribution is -0.118. The average molecular weight is 349 g/mol. The fourth-order valence-corrected chi connectivity index (χ4v) is 2.34. The second-order valence-electron chi connectivity index (χ2n) is 5.39. The molecule has 0 aliphatic heterocycles. The number of benzene rings is 2. The van der Waals surface area contributed by atoms with E-state index in [-0.39, 0.29) is 12.5 Å². The number of rotatable bonds is 6. The zero-order chi connectivity index (χ0) is 17.7. The Hall–Kier alpha value is -2.40. The molecule has 0 spiro atoms. The van der Waals surface area contributed by atoms with Crippen LogP contribution in [0.5, 0.6) is 11.5 Å². The van der Waals surface area contributed by atoms with Crippen molar-refractivity contribution in [2.75, 3.05) is 24.3 Å². The fraction of sp³-hybridized carbons (Fsp3) is 0.278. The van der Waals surface area contributed by atoms with Crippen LogP contribution in [0.25, 0.3) is 0 Å². The van der Waals surface area contributed by atoms with E-state index in [0.29, 0.717) is 34.5 Å². The van der Waals surface area contributed by atoms with Crippen LogP contribution in [0.4, 0.5) is 11.4 Å². The number of anilines is 2. The zero-order valence-electron chi connectivity index (χ0n) is 14.0. The molecule has 0 fully saturated rings. The van der Waals surface area contributed by atoms with Crippen LogP contribution in [0.1, 0.15) is 18.1 Å². The fourth-order valence-electron chi connectivity index (χ4n) is 2.24. The Morgan fingerprint density at radius 3 is 2.38 bits per heavy atom. The number of carbonyl (C=O) groups excluding carboxylic acids is 1. The summed E-state index contributed by atoms with van der Waals surface area (Å²) in [6, 6.07) is 8.73. The van der Waals surface area contributed by atoms with E-state index in [1.807, 2.05) is 20.8 Å². The molecule has 24 heavy (non-hydrogen) atoms. The molecule has 0 unspecified atom stereocenters. The number of ether oxygens (including phenoxy) is 2. The highest BCUT2D eigenvalue weighted by atomic mass is 35.5. The summed E-state index contributed by atoms with van der Waals surface area (Å²) in [5, 5.41) is 3.42. The number of carbonyl (C=O) groups is 1. The summed E-state index contributed by atoms with van der Waals surface area (Å²) < 4.78 is 10.9. The van der Waals surface area contributed by atoms with Gasteiger partial charge in [-0.25, -0.2) is 0 Å². The van der Waals surface area contributed by atoms with Gasteiger partial charge in [0.15, 0.2) is 6.61 Å². The van der Waals surface area contributed by atoms with Crippen LogP contribution in [-0.4, -0.2) is 19.1 Å². The second kappa shape index (κ2) is 7.93. The number of hydrogen-bond donors (Lipinski definition) is 2. The van der Waals surface area contributed by atoms with Gasteiger partial charge in [0.2, 0.25) is 0 Å². The van der Waals surface area contributed by atoms with Crippen molar-refractivity contribution in [3.8, 4) is 11.5 Å². The van der Waals surface area contributed by atoms with E-state index in [1.165, 1.54) is 0 Å². The molecule has 2 aromatic carbocycles. The highest BCUT2D eigenvalue weighted by molar-refractivity contribution is 6.32. The van der Waals surface area contributed by atoms with Gasteiger partial charge in [-0.05, 0) is 56.2 Å². The van der Waals surface area contributed by atoms with Crippen molar-refractivity contribution in [1.29, 1.82) is 0 Å². The van der Waals surface area contributed by atoms with E-state index in [0.717, 1.165) is 11.1 Å². The van der Waals surface area contributed by atoms with Gasteiger partial charge in [-0.3, -0.25) is 4.79 Å². The third kappa shape index (κ3) is 4.55. The van der Waals surface area contributed by atoms with Gasteiger partial charge < -0.3 is 20.5 Å². The summed E-state index contributed by atoms with van der Waals surface area (Å²) in [7, 11) is 0. The number of nitrogens with one attached hydrogen (secondary N) is 1. The molecule has 6 heteroatoms. The molecule has 0 radical (unpaired) electrons. The van der Waals surface area contributed by atoms with Gasteiger partial charge in [0.1, 0.15) is 11.5 Å². The lowest BCUT2D eigenvalue weighted by Gasteiger charge is -2.12. The highest BCUT2D eigenvalue weighted by Crippen LogP contribution is 2.26. The molecule has 128 valence electrons. The van der Waals surface area contributed by atoms with E-state index >= 15 is 0 Å². The number of nitrogens with two attached hydrogens (primary N) is 1. The molecular formula is C18H21ClN2O3. The first-order valence-electron chi connectivity index (χ1n) is 7.62. The lowest BCUT2D eigenvalue weighted by atomic mass is 10.1. The van der Waals surface area contributed by atoms with Crippen molar-refractivity contribution >= 4 is 28.9 Å². The summed E-state index contributed by atoms with van der Waals surface area (Å²) >= 11 is 6.11. The Morgan fingerprint density at radius 2 is 1.79 bits per heavy atom. The maximum atomic E-state index is 12.0. The number of hydrogen-bond acceptors (Lipinski definition) is 4. The normalized spacial score (nSPS) is 10.3. The minimum atomic E-state index is -0.295. The van der Waals surface area contributed by atoms with Gasteiger partial charge in [-0.2, -0.15) is 0 Å². The molecule has 0 saturated carbocycles. The minimum Gasteiger partial charge on any atom is -0.494 e. The lowest BCUT2D eigenvalue weighted by Crippen LogP contribution is -2.20. The van der Waals surface area contributed by atoms with Crippen LogP contribution < -0.4 is 20.5 Å². The average Bonchev–Trinajstić information content (AvgIpc) is 2.53. The van der Waals surface area contributed by atoms with E-state index in [2.05, 4.69) is 5.32 Å². The molecule has 2 aromatic rings. The van der Waals surface area contributed by atoms with Crippen molar-refractivity contribution in [3.63, 3.8) is 0 Å². The molecule has 0 bridgehead atoms. The van der Waals surface area contributed by atoms with Crippen molar-refractivity contribution in [1.82, 2.24) is 0 Å². The van der Waals surface area contributed by atoms with Gasteiger partial charge in [0, 0.05) is 11.1 Å². The van der Waals surface area contributed by atoms with Crippen LogP contribution in [0.2, 0.25) is 5.02 Å². The largest absolute Gasteiger partial charge is 0.494 e. The van der Waals surface area contributed by atoms with E-state index < -0.39 is 0 Å². The molecule has 0 heterocycles. The molecule has 0 atom stereocenters. The molecule has 0 aliphatic carbocycles. The first-order chi connectivity index (χ1) is 11.4. The maximum Gasteiger partial charge on any atom is 0.262 e. The first kappa shape index (κ1) is 17.9. The van der Waals surface area contributed by atoms with Crippen LogP contribution in [-0.2, 0) is 4.79 Å². The van der Waals surface area contributed by atoms with Crippen molar-refractivity contribution in [2.24, 2.45) is 0 Å². The molecular weight excluding hydrogens is 328 g/mol. The number of halogens is 1. The summed E-state index contributed by atoms with van der Waals surface area (Å²) in [4.78, 5) is 12.0. The van der Waals surface area contributed by atoms with E-state index in [4.69, 9.17) is 26.8 Å². The van der Waals surface area contributed by atoms with Crippen molar-refractivity contribution < 1.29 is 14.3 Å². The molecule has 0 aromatic heterocycles. The number of nitrogen functional groups attached to an aromatic ring is 1. The summed E-state index contributed by atoms with van der Waals surface area (Å²) in [5.74, 6) is 0.969. The van der Waals surface area contributed by atoms with Gasteiger partial charge in [-0.15, -0.1) is 0 Å². The van der Waals surface area contributed by atoms with Gasteiger partial charge in [0.25, 0.3) is 5.91 Å². The molecule has 0 saturated heterocycles. The van der Waals surface area contributed by atoms with Crippen molar-refractivity contribution in [2.45, 2.75) is 20.8 Å². The summed E-state index contributed by atoms with van der Waals surface area (Å²) in [6.07, 6.45) is 0. The summed E-state index contributed by atoms with van der Waals surface area (Å²) in [5.41, 5.74) is 8.69. The third-order valence-corrected chi connectivity index (χ3v) is 3.98.